The maximum absolute atomic E-state index is 12.3. The number of ether oxygens (including phenoxy) is 1. The van der Waals surface area contributed by atoms with Gasteiger partial charge in [-0.3, -0.25) is 4.79 Å². The summed E-state index contributed by atoms with van der Waals surface area (Å²) >= 11 is 0. The van der Waals surface area contributed by atoms with E-state index in [1.54, 1.807) is 0 Å². The smallest absolute Gasteiger partial charge is 0.407 e. The number of rotatable bonds is 9. The van der Waals surface area contributed by atoms with Crippen LogP contribution in [-0.4, -0.2) is 57.8 Å². The van der Waals surface area contributed by atoms with E-state index >= 15 is 0 Å². The minimum absolute atomic E-state index is 0.00386. The zero-order valence-corrected chi connectivity index (χ0v) is 18.9. The van der Waals surface area contributed by atoms with Crippen LogP contribution >= 0.6 is 0 Å². The molecule has 10 nitrogen and oxygen atoms in total. The first-order valence-electron chi connectivity index (χ1n) is 11.5. The molecule has 0 saturated heterocycles. The zero-order chi connectivity index (χ0) is 24.4. The lowest BCUT2D eigenvalue weighted by atomic mass is 9.98. The van der Waals surface area contributed by atoms with Gasteiger partial charge in [-0.1, -0.05) is 53.7 Å². The first kappa shape index (κ1) is 22.6. The number of benzene rings is 2. The van der Waals surface area contributed by atoms with Crippen molar-refractivity contribution in [2.75, 3.05) is 19.7 Å². The van der Waals surface area contributed by atoms with Crippen molar-refractivity contribution in [1.29, 1.82) is 0 Å². The van der Waals surface area contributed by atoms with Gasteiger partial charge < -0.3 is 20.5 Å². The fraction of sp³-hybridized carbons (Fsp3) is 0.320. The summed E-state index contributed by atoms with van der Waals surface area (Å²) in [6, 6.07) is 16.3. The van der Waals surface area contributed by atoms with Crippen molar-refractivity contribution < 1.29 is 24.2 Å². The first-order valence-corrected chi connectivity index (χ1v) is 11.5. The molecule has 2 atom stereocenters. The zero-order valence-electron chi connectivity index (χ0n) is 18.9. The van der Waals surface area contributed by atoms with Crippen LogP contribution in [-0.2, 0) is 16.1 Å². The normalized spacial score (nSPS) is 17.8. The molecule has 3 aromatic rings. The maximum Gasteiger partial charge on any atom is 0.407 e. The monoisotopic (exact) mass is 475 g/mol. The molecule has 2 aliphatic rings. The van der Waals surface area contributed by atoms with Gasteiger partial charge in [-0.25, -0.2) is 14.3 Å². The molecule has 1 aromatic heterocycles. The van der Waals surface area contributed by atoms with Crippen LogP contribution in [0.25, 0.3) is 11.1 Å². The number of carboxylic acids is 1. The average Bonchev–Trinajstić information content (AvgIpc) is 3.36. The van der Waals surface area contributed by atoms with E-state index in [1.165, 1.54) is 22.0 Å². The summed E-state index contributed by atoms with van der Waals surface area (Å²) in [6.07, 6.45) is 1.52. The molecule has 35 heavy (non-hydrogen) atoms. The minimum Gasteiger partial charge on any atom is -0.476 e. The number of aromatic carboxylic acids is 1. The summed E-state index contributed by atoms with van der Waals surface area (Å²) in [5, 5.41) is 21.7. The largest absolute Gasteiger partial charge is 0.476 e. The lowest BCUT2D eigenvalue weighted by Gasteiger charge is -2.14. The molecular weight excluding hydrogens is 450 g/mol. The fourth-order valence-electron chi connectivity index (χ4n) is 4.59. The fourth-order valence-corrected chi connectivity index (χ4v) is 4.59. The molecule has 0 bridgehead atoms. The van der Waals surface area contributed by atoms with Crippen LogP contribution in [0.15, 0.2) is 54.7 Å². The number of carboxylic acid groups (broad SMARTS) is 1. The number of carbonyl (C=O) groups excluding carboxylic acids is 2. The number of nitrogens with zero attached hydrogens (tertiary/aromatic N) is 3. The highest BCUT2D eigenvalue weighted by Crippen LogP contribution is 2.44. The number of nitrogens with one attached hydrogen (secondary N) is 2. The van der Waals surface area contributed by atoms with Gasteiger partial charge >= 0.3 is 12.1 Å². The van der Waals surface area contributed by atoms with E-state index in [-0.39, 0.29) is 36.0 Å². The number of hydrogen-bond acceptors (Lipinski definition) is 6. The molecule has 5 rings (SSSR count). The number of amides is 2. The lowest BCUT2D eigenvalue weighted by Crippen LogP contribution is -2.31. The van der Waals surface area contributed by atoms with Crippen molar-refractivity contribution in [3.05, 3.63) is 71.5 Å². The van der Waals surface area contributed by atoms with E-state index < -0.39 is 12.1 Å². The Morgan fingerprint density at radius 3 is 2.37 bits per heavy atom. The van der Waals surface area contributed by atoms with Gasteiger partial charge in [0, 0.05) is 24.9 Å². The summed E-state index contributed by atoms with van der Waals surface area (Å²) in [5.41, 5.74) is 4.53. The molecule has 3 N–H and O–H groups in total. The summed E-state index contributed by atoms with van der Waals surface area (Å²) in [5.74, 6) is -1.33. The Hall–Kier alpha value is -4.21. The highest BCUT2D eigenvalue weighted by Gasteiger charge is 2.42. The van der Waals surface area contributed by atoms with Gasteiger partial charge in [-0.05, 0) is 34.6 Å². The van der Waals surface area contributed by atoms with Crippen LogP contribution in [0, 0.1) is 11.8 Å². The van der Waals surface area contributed by atoms with Crippen LogP contribution in [0.4, 0.5) is 4.79 Å². The van der Waals surface area contributed by atoms with Gasteiger partial charge in [0.05, 0.1) is 12.7 Å². The standard InChI is InChI=1S/C25H25N5O5/c31-23(26-9-10-30-13-22(24(32)33)28-29-30)20-11-15(20)12-27-25(34)35-14-21-18-7-3-1-5-16(18)17-6-2-4-8-19(17)21/h1-8,13,15,20-21H,9-12,14H2,(H,26,31)(H,27,34)(H,32,33). The molecule has 0 radical (unpaired) electrons. The van der Waals surface area contributed by atoms with Crippen molar-refractivity contribution in [2.24, 2.45) is 11.8 Å². The average molecular weight is 476 g/mol. The van der Waals surface area contributed by atoms with E-state index in [0.29, 0.717) is 26.1 Å². The highest BCUT2D eigenvalue weighted by atomic mass is 16.5. The van der Waals surface area contributed by atoms with Gasteiger partial charge in [-0.15, -0.1) is 5.10 Å². The van der Waals surface area contributed by atoms with Crippen molar-refractivity contribution in [1.82, 2.24) is 25.6 Å². The number of alkyl carbamates (subject to hydrolysis) is 1. The molecule has 1 heterocycles. The molecule has 2 unspecified atom stereocenters. The molecule has 180 valence electrons. The third kappa shape index (κ3) is 4.86. The van der Waals surface area contributed by atoms with Gasteiger partial charge in [0.2, 0.25) is 5.91 Å². The minimum atomic E-state index is -1.15. The molecular formula is C25H25N5O5. The van der Waals surface area contributed by atoms with Crippen LogP contribution < -0.4 is 10.6 Å². The second kappa shape index (κ2) is 9.57. The number of carbonyl (C=O) groups is 3. The molecule has 2 amide bonds. The van der Waals surface area contributed by atoms with E-state index in [2.05, 4.69) is 45.2 Å². The quantitative estimate of drug-likeness (QED) is 0.432. The molecule has 10 heteroatoms. The lowest BCUT2D eigenvalue weighted by molar-refractivity contribution is -0.122. The molecule has 2 aliphatic carbocycles. The number of fused-ring (bicyclic) bond motifs is 3. The van der Waals surface area contributed by atoms with E-state index in [0.717, 1.165) is 11.1 Å². The predicted octanol–water partition coefficient (Wildman–Crippen LogP) is 2.27. The van der Waals surface area contributed by atoms with Gasteiger partial charge in [0.15, 0.2) is 5.69 Å². The van der Waals surface area contributed by atoms with Gasteiger partial charge in [0.25, 0.3) is 0 Å². The first-order chi connectivity index (χ1) is 17.0. The Morgan fingerprint density at radius 1 is 1.03 bits per heavy atom. The van der Waals surface area contributed by atoms with Crippen molar-refractivity contribution >= 4 is 18.0 Å². The second-order valence-electron chi connectivity index (χ2n) is 8.77. The van der Waals surface area contributed by atoms with E-state index in [1.807, 2.05) is 24.3 Å². The Morgan fingerprint density at radius 2 is 1.71 bits per heavy atom. The molecule has 0 aliphatic heterocycles. The Balaban J connectivity index is 1.03. The SMILES string of the molecule is O=C(NCC1CC1C(=O)NCCn1cc(C(=O)O)nn1)OCC1c2ccccc2-c2ccccc21. The van der Waals surface area contributed by atoms with Crippen molar-refractivity contribution in [2.45, 2.75) is 18.9 Å². The summed E-state index contributed by atoms with van der Waals surface area (Å²) < 4.78 is 6.91. The van der Waals surface area contributed by atoms with Crippen LogP contribution in [0.2, 0.25) is 0 Å². The number of hydrogen-bond donors (Lipinski definition) is 3. The van der Waals surface area contributed by atoms with Gasteiger partial charge in [-0.2, -0.15) is 0 Å². The second-order valence-corrected chi connectivity index (χ2v) is 8.77. The third-order valence-corrected chi connectivity index (χ3v) is 6.51. The molecule has 2 aromatic carbocycles. The van der Waals surface area contributed by atoms with Crippen LogP contribution in [0.1, 0.15) is 34.0 Å². The Kier molecular flexibility index (Phi) is 6.17. The van der Waals surface area contributed by atoms with Crippen molar-refractivity contribution in [3.63, 3.8) is 0 Å². The molecule has 1 fully saturated rings. The summed E-state index contributed by atoms with van der Waals surface area (Å²) in [6.45, 7) is 1.26. The molecule has 0 spiro atoms. The van der Waals surface area contributed by atoms with Crippen LogP contribution in [0.5, 0.6) is 0 Å². The molecule has 1 saturated carbocycles. The third-order valence-electron chi connectivity index (χ3n) is 6.51. The summed E-state index contributed by atoms with van der Waals surface area (Å²) in [7, 11) is 0. The van der Waals surface area contributed by atoms with Crippen LogP contribution in [0.3, 0.4) is 0 Å². The van der Waals surface area contributed by atoms with E-state index in [9.17, 15) is 14.4 Å². The Labute approximate surface area is 201 Å². The topological polar surface area (TPSA) is 135 Å². The maximum atomic E-state index is 12.3. The van der Waals surface area contributed by atoms with Gasteiger partial charge in [0.1, 0.15) is 6.61 Å². The van der Waals surface area contributed by atoms with E-state index in [4.69, 9.17) is 9.84 Å². The predicted molar refractivity (Wildman–Crippen MR) is 125 cm³/mol. The number of aromatic nitrogens is 3. The summed E-state index contributed by atoms with van der Waals surface area (Å²) in [4.78, 5) is 35.4. The highest BCUT2D eigenvalue weighted by molar-refractivity contribution is 5.84. The van der Waals surface area contributed by atoms with Crippen molar-refractivity contribution in [3.8, 4) is 11.1 Å². The Bertz CT molecular complexity index is 1230.